The van der Waals surface area contributed by atoms with Crippen molar-refractivity contribution in [1.29, 1.82) is 0 Å². The van der Waals surface area contributed by atoms with Crippen molar-refractivity contribution in [2.75, 3.05) is 17.2 Å². The smallest absolute Gasteiger partial charge is 0.230 e. The van der Waals surface area contributed by atoms with Gasteiger partial charge in [0.05, 0.1) is 10.6 Å². The van der Waals surface area contributed by atoms with Crippen molar-refractivity contribution in [1.82, 2.24) is 5.32 Å². The van der Waals surface area contributed by atoms with Gasteiger partial charge in [-0.3, -0.25) is 9.59 Å². The minimum Gasteiger partial charge on any atom is -0.354 e. The Labute approximate surface area is 168 Å². The fraction of sp³-hybridized carbons (Fsp3) is 0.579. The molecule has 1 unspecified atom stereocenters. The number of rotatable bonds is 7. The highest BCUT2D eigenvalue weighted by molar-refractivity contribution is 9.10. The molecule has 27 heavy (non-hydrogen) atoms. The van der Waals surface area contributed by atoms with Gasteiger partial charge in [0.25, 0.3) is 0 Å². The number of hydrogen-bond acceptors (Lipinski definition) is 4. The van der Waals surface area contributed by atoms with Crippen LogP contribution in [0.15, 0.2) is 21.5 Å². The molecule has 1 aliphatic carbocycles. The first-order valence-electron chi connectivity index (χ1n) is 9.39. The molecule has 0 spiro atoms. The summed E-state index contributed by atoms with van der Waals surface area (Å²) in [5.74, 6) is -0.351. The van der Waals surface area contributed by atoms with Crippen molar-refractivity contribution in [3.63, 3.8) is 0 Å². The maximum Gasteiger partial charge on any atom is 0.230 e. The van der Waals surface area contributed by atoms with Gasteiger partial charge >= 0.3 is 0 Å². The predicted octanol–water partition coefficient (Wildman–Crippen LogP) is 2.83. The number of benzene rings is 1. The molecule has 0 saturated heterocycles. The molecule has 1 saturated carbocycles. The molecule has 0 bridgehead atoms. The Morgan fingerprint density at radius 1 is 1.33 bits per heavy atom. The van der Waals surface area contributed by atoms with Gasteiger partial charge in [0.2, 0.25) is 11.8 Å². The summed E-state index contributed by atoms with van der Waals surface area (Å²) in [6.45, 7) is 4.44. The lowest BCUT2D eigenvalue weighted by molar-refractivity contribution is -0.121. The first kappa shape index (κ1) is 20.3. The van der Waals surface area contributed by atoms with E-state index in [9.17, 15) is 18.0 Å². The average molecular weight is 457 g/mol. The molecular weight excluding hydrogens is 432 g/mol. The molecule has 148 valence electrons. The number of carbonyl (C=O) groups excluding carboxylic acids is 2. The lowest BCUT2D eigenvalue weighted by Gasteiger charge is -2.18. The molecule has 0 radical (unpaired) electrons. The predicted molar refractivity (Wildman–Crippen MR) is 107 cm³/mol. The third-order valence-electron chi connectivity index (χ3n) is 5.17. The van der Waals surface area contributed by atoms with E-state index in [4.69, 9.17) is 0 Å². The SMILES string of the molecule is CCC(C)NC(=O)CCS(=O)(=O)c1cc2c(cc1Br)CCN2C(=O)C1CC1. The zero-order valence-electron chi connectivity index (χ0n) is 15.6. The molecule has 6 nitrogen and oxygen atoms in total. The normalized spacial score (nSPS) is 17.5. The average Bonchev–Trinajstić information content (AvgIpc) is 3.39. The van der Waals surface area contributed by atoms with Crippen LogP contribution in [-0.4, -0.2) is 38.6 Å². The number of amides is 2. The number of carbonyl (C=O) groups is 2. The van der Waals surface area contributed by atoms with Crippen LogP contribution in [-0.2, 0) is 25.8 Å². The first-order valence-corrected chi connectivity index (χ1v) is 11.8. The van der Waals surface area contributed by atoms with Gasteiger partial charge in [0.15, 0.2) is 9.84 Å². The van der Waals surface area contributed by atoms with E-state index >= 15 is 0 Å². The Balaban J connectivity index is 1.78. The summed E-state index contributed by atoms with van der Waals surface area (Å²) < 4.78 is 26.1. The van der Waals surface area contributed by atoms with Gasteiger partial charge in [-0.15, -0.1) is 0 Å². The third-order valence-corrected chi connectivity index (χ3v) is 7.84. The monoisotopic (exact) mass is 456 g/mol. The number of halogens is 1. The fourth-order valence-corrected chi connectivity index (χ4v) is 5.64. The van der Waals surface area contributed by atoms with Gasteiger partial charge < -0.3 is 10.2 Å². The van der Waals surface area contributed by atoms with Gasteiger partial charge in [-0.25, -0.2) is 8.42 Å². The van der Waals surface area contributed by atoms with Gasteiger partial charge in [0.1, 0.15) is 0 Å². The number of hydrogen-bond donors (Lipinski definition) is 1. The Morgan fingerprint density at radius 3 is 2.67 bits per heavy atom. The molecule has 0 aromatic heterocycles. The van der Waals surface area contributed by atoms with Crippen LogP contribution in [0.3, 0.4) is 0 Å². The Morgan fingerprint density at radius 2 is 2.04 bits per heavy atom. The van der Waals surface area contributed by atoms with E-state index in [1.807, 2.05) is 13.8 Å². The van der Waals surface area contributed by atoms with Crippen molar-refractivity contribution < 1.29 is 18.0 Å². The molecule has 1 aliphatic heterocycles. The summed E-state index contributed by atoms with van der Waals surface area (Å²) in [6, 6.07) is 3.41. The zero-order chi connectivity index (χ0) is 19.8. The molecule has 2 aliphatic rings. The standard InChI is InChI=1S/C19H25BrN2O4S/c1-3-12(2)21-18(23)7-9-27(25,26)17-11-16-14(10-15(17)20)6-8-22(16)19(24)13-4-5-13/h10-13H,3-9H2,1-2H3,(H,21,23). The van der Waals surface area contributed by atoms with E-state index in [1.54, 1.807) is 17.0 Å². The second-order valence-corrected chi connectivity index (χ2v) is 10.3. The summed E-state index contributed by atoms with van der Waals surface area (Å²) in [5.41, 5.74) is 1.67. The molecule has 1 aromatic rings. The minimum absolute atomic E-state index is 0.0222. The lowest BCUT2D eigenvalue weighted by atomic mass is 10.2. The van der Waals surface area contributed by atoms with E-state index in [-0.39, 0.29) is 40.8 Å². The topological polar surface area (TPSA) is 83.6 Å². The molecule has 1 heterocycles. The number of nitrogens with zero attached hydrogens (tertiary/aromatic N) is 1. The molecule has 1 fully saturated rings. The zero-order valence-corrected chi connectivity index (χ0v) is 18.0. The van der Waals surface area contributed by atoms with Gasteiger partial charge in [0, 0.05) is 35.1 Å². The van der Waals surface area contributed by atoms with E-state index < -0.39 is 9.84 Å². The summed E-state index contributed by atoms with van der Waals surface area (Å²) in [6.07, 6.45) is 3.26. The third kappa shape index (κ3) is 4.54. The Hall–Kier alpha value is -1.41. The van der Waals surface area contributed by atoms with Crippen LogP contribution in [0.2, 0.25) is 0 Å². The van der Waals surface area contributed by atoms with Crippen molar-refractivity contribution in [2.45, 2.75) is 56.9 Å². The first-order chi connectivity index (χ1) is 12.7. The van der Waals surface area contributed by atoms with Crippen LogP contribution in [0.5, 0.6) is 0 Å². The van der Waals surface area contributed by atoms with Crippen molar-refractivity contribution in [3.8, 4) is 0 Å². The quantitative estimate of drug-likeness (QED) is 0.683. The highest BCUT2D eigenvalue weighted by atomic mass is 79.9. The highest BCUT2D eigenvalue weighted by Gasteiger charge is 2.37. The minimum atomic E-state index is -3.65. The van der Waals surface area contributed by atoms with Crippen LogP contribution in [0.4, 0.5) is 5.69 Å². The molecular formula is C19H25BrN2O4S. The Kier molecular flexibility index (Phi) is 5.96. The second-order valence-electron chi connectivity index (χ2n) is 7.37. The molecule has 1 aromatic carbocycles. The van der Waals surface area contributed by atoms with Crippen molar-refractivity contribution in [3.05, 3.63) is 22.2 Å². The van der Waals surface area contributed by atoms with Gasteiger partial charge in [-0.1, -0.05) is 6.92 Å². The van der Waals surface area contributed by atoms with Crippen molar-refractivity contribution in [2.24, 2.45) is 5.92 Å². The molecule has 2 amide bonds. The van der Waals surface area contributed by atoms with E-state index in [0.717, 1.165) is 31.2 Å². The number of sulfone groups is 1. The number of nitrogens with one attached hydrogen (secondary N) is 1. The maximum absolute atomic E-state index is 12.8. The Bertz CT molecular complexity index is 865. The summed E-state index contributed by atoms with van der Waals surface area (Å²) in [7, 11) is -3.65. The highest BCUT2D eigenvalue weighted by Crippen LogP contribution is 2.39. The maximum atomic E-state index is 12.8. The van der Waals surface area contributed by atoms with E-state index in [2.05, 4.69) is 21.2 Å². The summed E-state index contributed by atoms with van der Waals surface area (Å²) >= 11 is 3.36. The summed E-state index contributed by atoms with van der Waals surface area (Å²) in [5, 5.41) is 2.78. The van der Waals surface area contributed by atoms with Crippen molar-refractivity contribution >= 4 is 43.3 Å². The van der Waals surface area contributed by atoms with Crippen LogP contribution >= 0.6 is 15.9 Å². The van der Waals surface area contributed by atoms with Crippen LogP contribution < -0.4 is 10.2 Å². The lowest BCUT2D eigenvalue weighted by Crippen LogP contribution is -2.33. The van der Waals surface area contributed by atoms with E-state index in [1.165, 1.54) is 0 Å². The summed E-state index contributed by atoms with van der Waals surface area (Å²) in [4.78, 5) is 26.3. The van der Waals surface area contributed by atoms with E-state index in [0.29, 0.717) is 16.7 Å². The molecule has 1 N–H and O–H groups in total. The second kappa shape index (κ2) is 7.91. The number of anilines is 1. The van der Waals surface area contributed by atoms with Gasteiger partial charge in [-0.2, -0.15) is 0 Å². The molecule has 3 rings (SSSR count). The fourth-order valence-electron chi connectivity index (χ4n) is 3.19. The van der Waals surface area contributed by atoms with Crippen LogP contribution in [0.1, 0.15) is 45.1 Å². The van der Waals surface area contributed by atoms with Crippen LogP contribution in [0, 0.1) is 5.92 Å². The molecule has 1 atom stereocenters. The largest absolute Gasteiger partial charge is 0.354 e. The van der Waals surface area contributed by atoms with Crippen LogP contribution in [0.25, 0.3) is 0 Å². The molecule has 8 heteroatoms. The number of fused-ring (bicyclic) bond motifs is 1. The van der Waals surface area contributed by atoms with Gasteiger partial charge in [-0.05, 0) is 66.2 Å².